The highest BCUT2D eigenvalue weighted by Gasteiger charge is 2.18. The summed E-state index contributed by atoms with van der Waals surface area (Å²) in [7, 11) is 0. The fourth-order valence-electron chi connectivity index (χ4n) is 3.23. The molecule has 0 bridgehead atoms. The van der Waals surface area contributed by atoms with Gasteiger partial charge in [0, 0.05) is 6.54 Å². The van der Waals surface area contributed by atoms with E-state index in [0.29, 0.717) is 0 Å². The van der Waals surface area contributed by atoms with E-state index in [2.05, 4.69) is 35.3 Å². The molecule has 2 aliphatic rings. The third kappa shape index (κ3) is 3.33. The van der Waals surface area contributed by atoms with Crippen molar-refractivity contribution in [3.05, 3.63) is 29.3 Å². The monoisotopic (exact) mass is 274 g/mol. The van der Waals surface area contributed by atoms with Gasteiger partial charge in [-0.05, 0) is 74.6 Å². The number of fused-ring (bicyclic) bond motifs is 1. The smallest absolute Gasteiger partial charge is 0.119 e. The number of rotatable bonds is 4. The first-order chi connectivity index (χ1) is 9.85. The van der Waals surface area contributed by atoms with Crippen molar-refractivity contribution in [3.63, 3.8) is 0 Å². The Hall–Kier alpha value is -1.06. The number of hydrogen-bond acceptors (Lipinski definition) is 3. The second kappa shape index (κ2) is 6.59. The Kier molecular flexibility index (Phi) is 4.58. The second-order valence-corrected chi connectivity index (χ2v) is 6.05. The van der Waals surface area contributed by atoms with Gasteiger partial charge in [-0.25, -0.2) is 0 Å². The second-order valence-electron chi connectivity index (χ2n) is 6.05. The first-order valence-corrected chi connectivity index (χ1v) is 8.03. The lowest BCUT2D eigenvalue weighted by Crippen LogP contribution is -2.35. The zero-order chi connectivity index (χ0) is 13.8. The molecule has 0 unspecified atom stereocenters. The van der Waals surface area contributed by atoms with Gasteiger partial charge in [0.25, 0.3) is 0 Å². The van der Waals surface area contributed by atoms with E-state index >= 15 is 0 Å². The molecular weight excluding hydrogens is 248 g/mol. The molecule has 0 amide bonds. The van der Waals surface area contributed by atoms with Crippen LogP contribution in [0.1, 0.15) is 30.9 Å². The summed E-state index contributed by atoms with van der Waals surface area (Å²) in [6.45, 7) is 8.89. The van der Waals surface area contributed by atoms with Crippen LogP contribution >= 0.6 is 0 Å². The Balaban J connectivity index is 1.51. The highest BCUT2D eigenvalue weighted by Crippen LogP contribution is 2.23. The van der Waals surface area contributed by atoms with Crippen molar-refractivity contribution in [2.45, 2.75) is 32.7 Å². The molecule has 110 valence electrons. The molecule has 0 saturated carbocycles. The van der Waals surface area contributed by atoms with Gasteiger partial charge in [-0.15, -0.1) is 0 Å². The minimum Gasteiger partial charge on any atom is -0.493 e. The highest BCUT2D eigenvalue weighted by atomic mass is 16.5. The molecule has 1 fully saturated rings. The Morgan fingerprint density at radius 3 is 2.90 bits per heavy atom. The van der Waals surface area contributed by atoms with Crippen LogP contribution in [-0.2, 0) is 13.0 Å². The van der Waals surface area contributed by atoms with E-state index in [1.54, 1.807) is 0 Å². The number of benzene rings is 1. The summed E-state index contributed by atoms with van der Waals surface area (Å²) < 4.78 is 6.04. The normalized spacial score (nSPS) is 20.6. The van der Waals surface area contributed by atoms with Crippen molar-refractivity contribution in [2.75, 3.05) is 32.8 Å². The van der Waals surface area contributed by atoms with Crippen LogP contribution in [0.2, 0.25) is 0 Å². The number of likely N-dealkylation sites (tertiary alicyclic amines) is 1. The molecule has 1 aromatic carbocycles. The maximum Gasteiger partial charge on any atom is 0.119 e. The standard InChI is InChI=1S/C17H26N2O/c1-2-19-9-6-14(7-10-19)13-20-17-4-3-16-12-18-8-5-15(16)11-17/h3-4,11,14,18H,2,5-10,12-13H2,1H3. The number of nitrogens with zero attached hydrogens (tertiary/aromatic N) is 1. The molecule has 0 aliphatic carbocycles. The van der Waals surface area contributed by atoms with Gasteiger partial charge in [0.15, 0.2) is 0 Å². The molecular formula is C17H26N2O. The lowest BCUT2D eigenvalue weighted by Gasteiger charge is -2.30. The number of hydrogen-bond donors (Lipinski definition) is 1. The van der Waals surface area contributed by atoms with Crippen molar-refractivity contribution in [3.8, 4) is 5.75 Å². The van der Waals surface area contributed by atoms with Crippen molar-refractivity contribution in [1.29, 1.82) is 0 Å². The average molecular weight is 274 g/mol. The van der Waals surface area contributed by atoms with Crippen LogP contribution < -0.4 is 10.1 Å². The molecule has 20 heavy (non-hydrogen) atoms. The van der Waals surface area contributed by atoms with E-state index < -0.39 is 0 Å². The van der Waals surface area contributed by atoms with Crippen molar-refractivity contribution < 1.29 is 4.74 Å². The largest absolute Gasteiger partial charge is 0.493 e. The summed E-state index contributed by atoms with van der Waals surface area (Å²) in [5.74, 6) is 1.79. The third-order valence-corrected chi connectivity index (χ3v) is 4.70. The molecule has 0 radical (unpaired) electrons. The van der Waals surface area contributed by atoms with Gasteiger partial charge >= 0.3 is 0 Å². The van der Waals surface area contributed by atoms with Crippen LogP contribution in [0.15, 0.2) is 18.2 Å². The molecule has 0 aromatic heterocycles. The summed E-state index contributed by atoms with van der Waals surface area (Å²) in [5.41, 5.74) is 2.89. The average Bonchev–Trinajstić information content (AvgIpc) is 2.53. The van der Waals surface area contributed by atoms with E-state index in [1.165, 1.54) is 43.6 Å². The summed E-state index contributed by atoms with van der Waals surface area (Å²) >= 11 is 0. The van der Waals surface area contributed by atoms with Crippen LogP contribution in [0, 0.1) is 5.92 Å². The van der Waals surface area contributed by atoms with Crippen molar-refractivity contribution in [2.24, 2.45) is 5.92 Å². The van der Waals surface area contributed by atoms with E-state index in [9.17, 15) is 0 Å². The fourth-order valence-corrected chi connectivity index (χ4v) is 3.23. The maximum absolute atomic E-state index is 6.04. The predicted molar refractivity (Wildman–Crippen MR) is 82.2 cm³/mol. The minimum atomic E-state index is 0.732. The first kappa shape index (κ1) is 13.9. The number of nitrogens with one attached hydrogen (secondary N) is 1. The zero-order valence-corrected chi connectivity index (χ0v) is 12.5. The molecule has 3 rings (SSSR count). The Labute approximate surface area is 122 Å². The molecule has 2 aliphatic heterocycles. The van der Waals surface area contributed by atoms with E-state index in [-0.39, 0.29) is 0 Å². The summed E-state index contributed by atoms with van der Waals surface area (Å²) in [6.07, 6.45) is 3.69. The Morgan fingerprint density at radius 2 is 2.10 bits per heavy atom. The van der Waals surface area contributed by atoms with E-state index in [1.807, 2.05) is 0 Å². The van der Waals surface area contributed by atoms with Gasteiger partial charge in [-0.2, -0.15) is 0 Å². The lowest BCUT2D eigenvalue weighted by molar-refractivity contribution is 0.146. The Bertz CT molecular complexity index is 439. The van der Waals surface area contributed by atoms with Gasteiger partial charge in [-0.1, -0.05) is 13.0 Å². The molecule has 0 spiro atoms. The molecule has 3 heteroatoms. The molecule has 1 aromatic rings. The minimum absolute atomic E-state index is 0.732. The fraction of sp³-hybridized carbons (Fsp3) is 0.647. The predicted octanol–water partition coefficient (Wildman–Crippen LogP) is 2.44. The Morgan fingerprint density at radius 1 is 1.25 bits per heavy atom. The van der Waals surface area contributed by atoms with Gasteiger partial charge < -0.3 is 15.0 Å². The summed E-state index contributed by atoms with van der Waals surface area (Å²) in [5, 5.41) is 3.41. The van der Waals surface area contributed by atoms with Crippen LogP contribution in [0.3, 0.4) is 0 Å². The van der Waals surface area contributed by atoms with Crippen LogP contribution in [0.4, 0.5) is 0 Å². The summed E-state index contributed by atoms with van der Waals surface area (Å²) in [6, 6.07) is 6.60. The maximum atomic E-state index is 6.04. The van der Waals surface area contributed by atoms with Gasteiger partial charge in [0.1, 0.15) is 5.75 Å². The highest BCUT2D eigenvalue weighted by molar-refractivity contribution is 5.37. The van der Waals surface area contributed by atoms with Crippen LogP contribution in [0.5, 0.6) is 5.75 Å². The van der Waals surface area contributed by atoms with Crippen LogP contribution in [0.25, 0.3) is 0 Å². The topological polar surface area (TPSA) is 24.5 Å². The van der Waals surface area contributed by atoms with E-state index in [4.69, 9.17) is 4.74 Å². The molecule has 3 nitrogen and oxygen atoms in total. The molecule has 0 atom stereocenters. The van der Waals surface area contributed by atoms with Gasteiger partial charge in [0.2, 0.25) is 0 Å². The van der Waals surface area contributed by atoms with Gasteiger partial charge in [0.05, 0.1) is 6.61 Å². The lowest BCUT2D eigenvalue weighted by atomic mass is 9.98. The SMILES string of the molecule is CCN1CCC(COc2ccc3c(c2)CCNC3)CC1. The third-order valence-electron chi connectivity index (χ3n) is 4.70. The first-order valence-electron chi connectivity index (χ1n) is 8.03. The number of ether oxygens (including phenoxy) is 1. The van der Waals surface area contributed by atoms with Crippen molar-refractivity contribution >= 4 is 0 Å². The zero-order valence-electron chi connectivity index (χ0n) is 12.5. The molecule has 1 N–H and O–H groups in total. The van der Waals surface area contributed by atoms with Crippen molar-refractivity contribution in [1.82, 2.24) is 10.2 Å². The summed E-state index contributed by atoms with van der Waals surface area (Å²) in [4.78, 5) is 2.53. The van der Waals surface area contributed by atoms with Gasteiger partial charge in [-0.3, -0.25) is 0 Å². The number of piperidine rings is 1. The quantitative estimate of drug-likeness (QED) is 0.912. The van der Waals surface area contributed by atoms with Crippen LogP contribution in [-0.4, -0.2) is 37.7 Å². The molecule has 2 heterocycles. The van der Waals surface area contributed by atoms with E-state index in [0.717, 1.165) is 37.8 Å². The molecule has 1 saturated heterocycles.